The third-order valence-electron chi connectivity index (χ3n) is 5.46. The van der Waals surface area contributed by atoms with Crippen LogP contribution >= 0.6 is 0 Å². The molecule has 1 N–H and O–H groups in total. The molecule has 0 atom stereocenters. The molecule has 2 heterocycles. The second-order valence-electron chi connectivity index (χ2n) is 7.39. The molecule has 0 bridgehead atoms. The second kappa shape index (κ2) is 7.50. The first-order valence-electron chi connectivity index (χ1n) is 9.60. The number of fused-ring (bicyclic) bond motifs is 3. The number of aromatic nitrogens is 1. The SMILES string of the molecule is COC(=O)c1ccc2[nH]c3c(c2c1)CN(C(=O)CCc1cccc(C)c1)CC3. The molecule has 3 aromatic rings. The second-order valence-corrected chi connectivity index (χ2v) is 7.39. The largest absolute Gasteiger partial charge is 0.465 e. The molecule has 4 rings (SSSR count). The molecule has 1 amide bonds. The number of ether oxygens (including phenoxy) is 1. The summed E-state index contributed by atoms with van der Waals surface area (Å²) in [6.45, 7) is 3.36. The van der Waals surface area contributed by atoms with Crippen molar-refractivity contribution in [1.82, 2.24) is 9.88 Å². The van der Waals surface area contributed by atoms with Crippen LogP contribution in [0.25, 0.3) is 10.9 Å². The lowest BCUT2D eigenvalue weighted by atomic mass is 10.0. The number of carbonyl (C=O) groups is 2. The maximum absolute atomic E-state index is 12.8. The van der Waals surface area contributed by atoms with E-state index in [1.807, 2.05) is 23.1 Å². The molecule has 0 fully saturated rings. The van der Waals surface area contributed by atoms with Gasteiger partial charge < -0.3 is 14.6 Å². The van der Waals surface area contributed by atoms with E-state index in [-0.39, 0.29) is 11.9 Å². The Hall–Kier alpha value is -3.08. The van der Waals surface area contributed by atoms with Crippen LogP contribution in [0.4, 0.5) is 0 Å². The van der Waals surface area contributed by atoms with Gasteiger partial charge in [0.2, 0.25) is 5.91 Å². The van der Waals surface area contributed by atoms with Crippen molar-refractivity contribution >= 4 is 22.8 Å². The fraction of sp³-hybridized carbons (Fsp3) is 0.304. The van der Waals surface area contributed by atoms with Crippen molar-refractivity contribution in [3.63, 3.8) is 0 Å². The molecular formula is C23H24N2O3. The summed E-state index contributed by atoms with van der Waals surface area (Å²) in [4.78, 5) is 30.0. The van der Waals surface area contributed by atoms with Crippen molar-refractivity contribution in [2.24, 2.45) is 0 Å². The van der Waals surface area contributed by atoms with Gasteiger partial charge in [0.25, 0.3) is 0 Å². The Morgan fingerprint density at radius 2 is 2.04 bits per heavy atom. The van der Waals surface area contributed by atoms with Crippen molar-refractivity contribution in [1.29, 1.82) is 0 Å². The summed E-state index contributed by atoms with van der Waals surface area (Å²) in [5.41, 5.74) is 6.19. The maximum atomic E-state index is 12.8. The molecule has 28 heavy (non-hydrogen) atoms. The standard InChI is InChI=1S/C23H24N2O3/c1-15-4-3-5-16(12-15)6-9-22(26)25-11-10-21-19(14-25)18-13-17(23(27)28-2)7-8-20(18)24-21/h3-5,7-8,12-13,24H,6,9-11,14H2,1-2H3. The molecule has 144 valence electrons. The number of hydrogen-bond acceptors (Lipinski definition) is 3. The molecule has 0 saturated heterocycles. The molecule has 0 saturated carbocycles. The Morgan fingerprint density at radius 1 is 1.18 bits per heavy atom. The third kappa shape index (κ3) is 3.52. The van der Waals surface area contributed by atoms with Gasteiger partial charge in [-0.05, 0) is 37.1 Å². The smallest absolute Gasteiger partial charge is 0.337 e. The summed E-state index contributed by atoms with van der Waals surface area (Å²) in [5.74, 6) is -0.177. The van der Waals surface area contributed by atoms with Crippen molar-refractivity contribution in [2.45, 2.75) is 32.7 Å². The molecule has 2 aromatic carbocycles. The number of carbonyl (C=O) groups excluding carboxylic acids is 2. The molecule has 0 aliphatic carbocycles. The number of H-pyrrole nitrogens is 1. The fourth-order valence-corrected chi connectivity index (χ4v) is 3.95. The molecule has 1 aliphatic rings. The monoisotopic (exact) mass is 376 g/mol. The minimum Gasteiger partial charge on any atom is -0.465 e. The van der Waals surface area contributed by atoms with Crippen molar-refractivity contribution in [3.8, 4) is 0 Å². The van der Waals surface area contributed by atoms with Gasteiger partial charge in [-0.25, -0.2) is 4.79 Å². The topological polar surface area (TPSA) is 62.4 Å². The number of nitrogens with one attached hydrogen (secondary N) is 1. The number of nitrogens with zero attached hydrogens (tertiary/aromatic N) is 1. The summed E-state index contributed by atoms with van der Waals surface area (Å²) in [6.07, 6.45) is 2.06. The van der Waals surface area contributed by atoms with Gasteiger partial charge in [0, 0.05) is 48.1 Å². The Balaban J connectivity index is 1.51. The number of aromatic amines is 1. The van der Waals surface area contributed by atoms with E-state index in [1.165, 1.54) is 18.2 Å². The molecule has 0 radical (unpaired) electrons. The van der Waals surface area contributed by atoms with E-state index in [0.717, 1.165) is 41.5 Å². The highest BCUT2D eigenvalue weighted by atomic mass is 16.5. The van der Waals surface area contributed by atoms with Crippen LogP contribution < -0.4 is 0 Å². The first-order chi connectivity index (χ1) is 13.5. The molecular weight excluding hydrogens is 352 g/mol. The van der Waals surface area contributed by atoms with Crippen molar-refractivity contribution < 1.29 is 14.3 Å². The number of hydrogen-bond donors (Lipinski definition) is 1. The predicted octanol–water partition coefficient (Wildman–Crippen LogP) is 3.78. The van der Waals surface area contributed by atoms with Crippen LogP contribution in [0.1, 0.15) is 39.2 Å². The van der Waals surface area contributed by atoms with Crippen LogP contribution in [-0.4, -0.2) is 35.4 Å². The number of methoxy groups -OCH3 is 1. The van der Waals surface area contributed by atoms with Gasteiger partial charge >= 0.3 is 5.97 Å². The van der Waals surface area contributed by atoms with Gasteiger partial charge in [0.15, 0.2) is 0 Å². The highest BCUT2D eigenvalue weighted by molar-refractivity contribution is 5.96. The van der Waals surface area contributed by atoms with Crippen LogP contribution in [0.2, 0.25) is 0 Å². The van der Waals surface area contributed by atoms with E-state index in [9.17, 15) is 9.59 Å². The first kappa shape index (κ1) is 18.3. The summed E-state index contributed by atoms with van der Waals surface area (Å²) in [6, 6.07) is 13.8. The van der Waals surface area contributed by atoms with E-state index >= 15 is 0 Å². The summed E-state index contributed by atoms with van der Waals surface area (Å²) in [5, 5.41) is 0.995. The van der Waals surface area contributed by atoms with Crippen LogP contribution in [0.3, 0.4) is 0 Å². The van der Waals surface area contributed by atoms with E-state index in [2.05, 4.69) is 30.1 Å². The molecule has 0 unspecified atom stereocenters. The third-order valence-corrected chi connectivity index (χ3v) is 5.46. The molecule has 5 nitrogen and oxygen atoms in total. The Bertz CT molecular complexity index is 1050. The van der Waals surface area contributed by atoms with Crippen LogP contribution in [0, 0.1) is 6.92 Å². The lowest BCUT2D eigenvalue weighted by molar-refractivity contribution is -0.132. The number of esters is 1. The van der Waals surface area contributed by atoms with Gasteiger partial charge in [0.05, 0.1) is 12.7 Å². The first-order valence-corrected chi connectivity index (χ1v) is 9.60. The van der Waals surface area contributed by atoms with Crippen molar-refractivity contribution in [2.75, 3.05) is 13.7 Å². The van der Waals surface area contributed by atoms with Crippen LogP contribution in [0.15, 0.2) is 42.5 Å². The van der Waals surface area contributed by atoms with Crippen molar-refractivity contribution in [3.05, 3.63) is 70.4 Å². The zero-order valence-electron chi connectivity index (χ0n) is 16.2. The minimum absolute atomic E-state index is 0.172. The van der Waals surface area contributed by atoms with Crippen LogP contribution in [0.5, 0.6) is 0 Å². The fourth-order valence-electron chi connectivity index (χ4n) is 3.95. The predicted molar refractivity (Wildman–Crippen MR) is 108 cm³/mol. The average molecular weight is 376 g/mol. The number of aryl methyl sites for hydroxylation is 2. The van der Waals surface area contributed by atoms with Crippen LogP contribution in [-0.2, 0) is 28.9 Å². The number of benzene rings is 2. The van der Waals surface area contributed by atoms with E-state index in [1.54, 1.807) is 6.07 Å². The van der Waals surface area contributed by atoms with Gasteiger partial charge in [-0.3, -0.25) is 4.79 Å². The Morgan fingerprint density at radius 3 is 2.82 bits per heavy atom. The lowest BCUT2D eigenvalue weighted by Crippen LogP contribution is -2.35. The average Bonchev–Trinajstić information content (AvgIpc) is 3.08. The van der Waals surface area contributed by atoms with Gasteiger partial charge in [0.1, 0.15) is 0 Å². The van der Waals surface area contributed by atoms with Gasteiger partial charge in [-0.2, -0.15) is 0 Å². The zero-order chi connectivity index (χ0) is 19.7. The number of rotatable bonds is 4. The molecule has 1 aliphatic heterocycles. The molecule has 0 spiro atoms. The van der Waals surface area contributed by atoms with E-state index in [4.69, 9.17) is 4.74 Å². The van der Waals surface area contributed by atoms with Gasteiger partial charge in [-0.15, -0.1) is 0 Å². The quantitative estimate of drug-likeness (QED) is 0.705. The van der Waals surface area contributed by atoms with Gasteiger partial charge in [-0.1, -0.05) is 29.8 Å². The summed E-state index contributed by atoms with van der Waals surface area (Å²) >= 11 is 0. The highest BCUT2D eigenvalue weighted by Crippen LogP contribution is 2.29. The van der Waals surface area contributed by atoms with E-state index < -0.39 is 0 Å². The minimum atomic E-state index is -0.348. The normalized spacial score (nSPS) is 13.4. The Labute approximate surface area is 164 Å². The molecule has 1 aromatic heterocycles. The molecule has 5 heteroatoms. The summed E-state index contributed by atoms with van der Waals surface area (Å²) in [7, 11) is 1.38. The highest BCUT2D eigenvalue weighted by Gasteiger charge is 2.24. The Kier molecular flexibility index (Phi) is 4.90. The van der Waals surface area contributed by atoms with E-state index in [0.29, 0.717) is 18.5 Å². The number of amides is 1. The zero-order valence-corrected chi connectivity index (χ0v) is 16.2. The maximum Gasteiger partial charge on any atom is 0.337 e. The summed E-state index contributed by atoms with van der Waals surface area (Å²) < 4.78 is 4.83. The lowest BCUT2D eigenvalue weighted by Gasteiger charge is -2.27.